The standard InChI is InChI=1S/C13H18O.C2H6/c1-10(2)13-8-6-12(7-9-13)5-4-11(3)14;1-2/h6-10H,4-5H2,1-3H3;1-2H3. The molecule has 1 nitrogen and oxygen atoms in total. The Bertz CT molecular complexity index is 296. The van der Waals surface area contributed by atoms with E-state index in [1.165, 1.54) is 11.1 Å². The van der Waals surface area contributed by atoms with E-state index < -0.39 is 0 Å². The first-order valence-corrected chi connectivity index (χ1v) is 6.18. The van der Waals surface area contributed by atoms with Crippen molar-refractivity contribution in [3.63, 3.8) is 0 Å². The van der Waals surface area contributed by atoms with Crippen LogP contribution in [0.25, 0.3) is 0 Å². The van der Waals surface area contributed by atoms with Crippen LogP contribution in [0, 0.1) is 0 Å². The van der Waals surface area contributed by atoms with Gasteiger partial charge < -0.3 is 4.79 Å². The number of Topliss-reactive ketones (excluding diaryl/α,β-unsaturated/α-hetero) is 1. The van der Waals surface area contributed by atoms with E-state index >= 15 is 0 Å². The van der Waals surface area contributed by atoms with E-state index in [0.29, 0.717) is 12.3 Å². The van der Waals surface area contributed by atoms with Gasteiger partial charge in [-0.1, -0.05) is 52.0 Å². The number of hydrogen-bond donors (Lipinski definition) is 0. The molecule has 0 aliphatic heterocycles. The van der Waals surface area contributed by atoms with Crippen molar-refractivity contribution in [2.24, 2.45) is 0 Å². The van der Waals surface area contributed by atoms with Crippen LogP contribution in [0.1, 0.15) is 58.1 Å². The lowest BCUT2D eigenvalue weighted by atomic mass is 10.00. The second-order valence-corrected chi connectivity index (χ2v) is 4.10. The zero-order valence-corrected chi connectivity index (χ0v) is 11.2. The summed E-state index contributed by atoms with van der Waals surface area (Å²) in [4.78, 5) is 10.8. The fourth-order valence-electron chi connectivity index (χ4n) is 1.39. The topological polar surface area (TPSA) is 17.1 Å². The molecule has 0 spiro atoms. The number of aryl methyl sites for hydroxylation is 1. The minimum atomic E-state index is 0.262. The quantitative estimate of drug-likeness (QED) is 0.737. The SMILES string of the molecule is CC.CC(=O)CCc1ccc(C(C)C)cc1. The number of carbonyl (C=O) groups is 1. The van der Waals surface area contributed by atoms with Crippen LogP contribution in [0.2, 0.25) is 0 Å². The van der Waals surface area contributed by atoms with Crippen LogP contribution in [0.5, 0.6) is 0 Å². The number of hydrogen-bond acceptors (Lipinski definition) is 1. The third-order valence-electron chi connectivity index (χ3n) is 2.41. The maximum absolute atomic E-state index is 10.8. The molecule has 0 radical (unpaired) electrons. The number of benzene rings is 1. The second kappa shape index (κ2) is 8.09. The summed E-state index contributed by atoms with van der Waals surface area (Å²) >= 11 is 0. The first kappa shape index (κ1) is 14.9. The van der Waals surface area contributed by atoms with Gasteiger partial charge in [0.15, 0.2) is 0 Å². The summed E-state index contributed by atoms with van der Waals surface area (Å²) in [5.41, 5.74) is 2.61. The molecule has 0 fully saturated rings. The molecule has 16 heavy (non-hydrogen) atoms. The smallest absolute Gasteiger partial charge is 0.130 e. The van der Waals surface area contributed by atoms with E-state index in [2.05, 4.69) is 38.1 Å². The Kier molecular flexibility index (Phi) is 7.53. The maximum Gasteiger partial charge on any atom is 0.130 e. The molecule has 1 aromatic carbocycles. The molecule has 90 valence electrons. The Morgan fingerprint density at radius 1 is 1.12 bits per heavy atom. The summed E-state index contributed by atoms with van der Waals surface area (Å²) in [6, 6.07) is 8.55. The van der Waals surface area contributed by atoms with Gasteiger partial charge in [0.25, 0.3) is 0 Å². The van der Waals surface area contributed by atoms with Crippen LogP contribution >= 0.6 is 0 Å². The third-order valence-corrected chi connectivity index (χ3v) is 2.41. The largest absolute Gasteiger partial charge is 0.300 e. The summed E-state index contributed by atoms with van der Waals surface area (Å²) in [6.45, 7) is 10.0. The summed E-state index contributed by atoms with van der Waals surface area (Å²) in [5.74, 6) is 0.842. The molecule has 0 aliphatic rings. The molecule has 1 heteroatoms. The Labute approximate surface area is 99.9 Å². The minimum Gasteiger partial charge on any atom is -0.300 e. The molecule has 0 heterocycles. The van der Waals surface area contributed by atoms with Gasteiger partial charge in [0, 0.05) is 6.42 Å². The fraction of sp³-hybridized carbons (Fsp3) is 0.533. The van der Waals surface area contributed by atoms with Crippen LogP contribution in [-0.4, -0.2) is 5.78 Å². The molecule has 0 aromatic heterocycles. The molecule has 1 rings (SSSR count). The summed E-state index contributed by atoms with van der Waals surface area (Å²) < 4.78 is 0. The zero-order chi connectivity index (χ0) is 12.6. The van der Waals surface area contributed by atoms with Crippen molar-refractivity contribution < 1.29 is 4.79 Å². The highest BCUT2D eigenvalue weighted by atomic mass is 16.1. The van der Waals surface area contributed by atoms with Crippen molar-refractivity contribution in [3.8, 4) is 0 Å². The normalized spacial score (nSPS) is 9.62. The highest BCUT2D eigenvalue weighted by molar-refractivity contribution is 5.75. The molecule has 0 N–H and O–H groups in total. The Hall–Kier alpha value is -1.11. The first-order valence-electron chi connectivity index (χ1n) is 6.18. The molecule has 0 saturated heterocycles. The van der Waals surface area contributed by atoms with Gasteiger partial charge in [-0.05, 0) is 30.4 Å². The van der Waals surface area contributed by atoms with Crippen molar-refractivity contribution in [2.75, 3.05) is 0 Å². The second-order valence-electron chi connectivity index (χ2n) is 4.10. The summed E-state index contributed by atoms with van der Waals surface area (Å²) in [7, 11) is 0. The van der Waals surface area contributed by atoms with Crippen molar-refractivity contribution >= 4 is 5.78 Å². The lowest BCUT2D eigenvalue weighted by Crippen LogP contribution is -1.94. The van der Waals surface area contributed by atoms with E-state index in [-0.39, 0.29) is 5.78 Å². The van der Waals surface area contributed by atoms with E-state index in [1.54, 1.807) is 6.92 Å². The van der Waals surface area contributed by atoms with Crippen molar-refractivity contribution in [1.29, 1.82) is 0 Å². The Balaban J connectivity index is 0.00000106. The van der Waals surface area contributed by atoms with Gasteiger partial charge in [0.1, 0.15) is 5.78 Å². The molecular weight excluding hydrogens is 196 g/mol. The highest BCUT2D eigenvalue weighted by Crippen LogP contribution is 2.15. The highest BCUT2D eigenvalue weighted by Gasteiger charge is 1.99. The van der Waals surface area contributed by atoms with Crippen LogP contribution in [0.4, 0.5) is 0 Å². The van der Waals surface area contributed by atoms with Gasteiger partial charge in [-0.2, -0.15) is 0 Å². The summed E-state index contributed by atoms with van der Waals surface area (Å²) in [6.07, 6.45) is 1.52. The van der Waals surface area contributed by atoms with Crippen LogP contribution in [0.3, 0.4) is 0 Å². The lowest BCUT2D eigenvalue weighted by Gasteiger charge is -2.06. The fourth-order valence-corrected chi connectivity index (χ4v) is 1.39. The van der Waals surface area contributed by atoms with Crippen LogP contribution in [0.15, 0.2) is 24.3 Å². The molecule has 1 aromatic rings. The van der Waals surface area contributed by atoms with Crippen LogP contribution < -0.4 is 0 Å². The zero-order valence-electron chi connectivity index (χ0n) is 11.2. The maximum atomic E-state index is 10.8. The predicted molar refractivity (Wildman–Crippen MR) is 70.9 cm³/mol. The average Bonchev–Trinajstić information content (AvgIpc) is 2.29. The van der Waals surface area contributed by atoms with Gasteiger partial charge in [0.2, 0.25) is 0 Å². The van der Waals surface area contributed by atoms with Gasteiger partial charge >= 0.3 is 0 Å². The van der Waals surface area contributed by atoms with Crippen LogP contribution in [-0.2, 0) is 11.2 Å². The Morgan fingerprint density at radius 3 is 2.00 bits per heavy atom. The van der Waals surface area contributed by atoms with E-state index in [4.69, 9.17) is 0 Å². The first-order chi connectivity index (χ1) is 7.59. The van der Waals surface area contributed by atoms with Gasteiger partial charge in [-0.25, -0.2) is 0 Å². The van der Waals surface area contributed by atoms with Crippen molar-refractivity contribution in [1.82, 2.24) is 0 Å². The van der Waals surface area contributed by atoms with Gasteiger partial charge in [0.05, 0.1) is 0 Å². The molecular formula is C15H24O. The van der Waals surface area contributed by atoms with Crippen molar-refractivity contribution in [3.05, 3.63) is 35.4 Å². The van der Waals surface area contributed by atoms with E-state index in [0.717, 1.165) is 6.42 Å². The Morgan fingerprint density at radius 2 is 1.62 bits per heavy atom. The molecule has 0 unspecified atom stereocenters. The lowest BCUT2D eigenvalue weighted by molar-refractivity contribution is -0.116. The number of carbonyl (C=O) groups excluding carboxylic acids is 1. The van der Waals surface area contributed by atoms with Crippen molar-refractivity contribution in [2.45, 2.75) is 53.4 Å². The van der Waals surface area contributed by atoms with Gasteiger partial charge in [-0.3, -0.25) is 0 Å². The molecule has 0 bridgehead atoms. The van der Waals surface area contributed by atoms with Gasteiger partial charge in [-0.15, -0.1) is 0 Å². The summed E-state index contributed by atoms with van der Waals surface area (Å²) in [5, 5.41) is 0. The molecule has 0 amide bonds. The molecule has 0 atom stereocenters. The molecule has 0 aliphatic carbocycles. The van der Waals surface area contributed by atoms with E-state index in [9.17, 15) is 4.79 Å². The minimum absolute atomic E-state index is 0.262. The average molecular weight is 220 g/mol. The predicted octanol–water partition coefficient (Wildman–Crippen LogP) is 4.36. The number of ketones is 1. The monoisotopic (exact) mass is 220 g/mol. The molecule has 0 saturated carbocycles. The number of rotatable bonds is 4. The van der Waals surface area contributed by atoms with E-state index in [1.807, 2.05) is 13.8 Å². The third kappa shape index (κ3) is 5.69.